The lowest BCUT2D eigenvalue weighted by molar-refractivity contribution is -0.497. The van der Waals surface area contributed by atoms with E-state index in [1.54, 1.807) is 0 Å². The molecule has 1 rings (SSSR count). The maximum absolute atomic E-state index is 13.7. The molecule has 0 heterocycles. The zero-order valence-electron chi connectivity index (χ0n) is 13.8. The van der Waals surface area contributed by atoms with Gasteiger partial charge in [0.05, 0.1) is 15.7 Å². The lowest BCUT2D eigenvalue weighted by Gasteiger charge is -2.32. The average Bonchev–Trinajstić information content (AvgIpc) is 2.43. The first-order valence-electron chi connectivity index (χ1n) is 7.10. The van der Waals surface area contributed by atoms with Gasteiger partial charge in [-0.05, 0) is 44.5 Å². The Labute approximate surface area is 151 Å². The van der Waals surface area contributed by atoms with Crippen LogP contribution in [0.3, 0.4) is 0 Å². The molecule has 0 spiro atoms. The normalized spacial score (nSPS) is 16.6. The number of nitro groups is 1. The number of hydrogen-bond donors (Lipinski definition) is 1. The highest BCUT2D eigenvalue weighted by Gasteiger charge is 2.58. The van der Waals surface area contributed by atoms with Crippen molar-refractivity contribution in [1.29, 1.82) is 0 Å². The van der Waals surface area contributed by atoms with Crippen molar-refractivity contribution in [2.24, 2.45) is 0 Å². The summed E-state index contributed by atoms with van der Waals surface area (Å²) in [4.78, 5) is 9.77. The van der Waals surface area contributed by atoms with Gasteiger partial charge in [0, 0.05) is 9.95 Å². The van der Waals surface area contributed by atoms with Crippen LogP contribution >= 0.6 is 11.6 Å². The van der Waals surface area contributed by atoms with Crippen LogP contribution < -0.4 is 4.72 Å². The topological polar surface area (TPSA) is 72.2 Å². The van der Waals surface area contributed by atoms with E-state index >= 15 is 0 Å². The number of hydrogen-bond acceptors (Lipinski definition) is 3. The second-order valence-electron chi connectivity index (χ2n) is 6.33. The molecule has 140 valence electrons. The van der Waals surface area contributed by atoms with Gasteiger partial charge in [0.15, 0.2) is 0 Å². The monoisotopic (exact) mass is 398 g/mol. The molecule has 1 N–H and O–H groups in total. The van der Waals surface area contributed by atoms with E-state index in [0.717, 1.165) is 6.08 Å². The first-order chi connectivity index (χ1) is 11.3. The van der Waals surface area contributed by atoms with E-state index in [1.807, 2.05) is 4.72 Å². The van der Waals surface area contributed by atoms with E-state index in [2.05, 4.69) is 0 Å². The van der Waals surface area contributed by atoms with Crippen LogP contribution in [0.1, 0.15) is 26.3 Å². The standard InChI is InChI=1S/C15H18ClF3N2O3S/c1-13(2,3)25(24)20-14(10-21(22)23,15(17,18)19)9-8-11-4-6-12(16)7-5-11/h4-9,20H,10H2,1-3H3/b9-8+/t14-,25+/m0/s1. The summed E-state index contributed by atoms with van der Waals surface area (Å²) < 4.78 is 54.1. The Morgan fingerprint density at radius 3 is 2.16 bits per heavy atom. The van der Waals surface area contributed by atoms with Gasteiger partial charge in [-0.2, -0.15) is 13.2 Å². The molecule has 1 aromatic rings. The van der Waals surface area contributed by atoms with E-state index in [0.29, 0.717) is 16.7 Å². The predicted molar refractivity (Wildman–Crippen MR) is 92.2 cm³/mol. The van der Waals surface area contributed by atoms with Gasteiger partial charge >= 0.3 is 6.18 Å². The van der Waals surface area contributed by atoms with Crippen molar-refractivity contribution in [3.8, 4) is 0 Å². The molecule has 0 aliphatic heterocycles. The molecular weight excluding hydrogens is 381 g/mol. The number of nitrogens with one attached hydrogen (secondary N) is 1. The summed E-state index contributed by atoms with van der Waals surface area (Å²) >= 11 is 5.72. The fourth-order valence-electron chi connectivity index (χ4n) is 1.70. The summed E-state index contributed by atoms with van der Waals surface area (Å²) in [5.74, 6) is 0. The zero-order chi connectivity index (χ0) is 19.5. The lowest BCUT2D eigenvalue weighted by atomic mass is 9.98. The zero-order valence-corrected chi connectivity index (χ0v) is 15.3. The highest BCUT2D eigenvalue weighted by molar-refractivity contribution is 7.84. The molecule has 0 radical (unpaired) electrons. The van der Waals surface area contributed by atoms with E-state index in [-0.39, 0.29) is 0 Å². The van der Waals surface area contributed by atoms with Gasteiger partial charge in [-0.3, -0.25) is 10.1 Å². The Hall–Kier alpha value is -1.45. The van der Waals surface area contributed by atoms with Gasteiger partial charge in [-0.15, -0.1) is 0 Å². The highest BCUT2D eigenvalue weighted by atomic mass is 35.5. The van der Waals surface area contributed by atoms with Crippen LogP contribution in [0.15, 0.2) is 30.3 Å². The van der Waals surface area contributed by atoms with Gasteiger partial charge in [0.1, 0.15) is 0 Å². The SMILES string of the molecule is CC(C)(C)[S@@](=O)N[C@@](/C=C/c1ccc(Cl)cc1)(C[N+](=O)[O-])C(F)(F)F. The summed E-state index contributed by atoms with van der Waals surface area (Å²) in [6.07, 6.45) is -3.33. The van der Waals surface area contributed by atoms with Crippen molar-refractivity contribution in [3.05, 3.63) is 51.0 Å². The third-order valence-electron chi connectivity index (χ3n) is 3.15. The third-order valence-corrected chi connectivity index (χ3v) is 5.06. The summed E-state index contributed by atoms with van der Waals surface area (Å²) in [6.45, 7) is 2.90. The average molecular weight is 399 g/mol. The molecule has 5 nitrogen and oxygen atoms in total. The van der Waals surface area contributed by atoms with Crippen LogP contribution in [0.25, 0.3) is 6.08 Å². The van der Waals surface area contributed by atoms with E-state index in [1.165, 1.54) is 45.0 Å². The van der Waals surface area contributed by atoms with Gasteiger partial charge in [0.25, 0.3) is 0 Å². The van der Waals surface area contributed by atoms with Crippen LogP contribution in [0.4, 0.5) is 13.2 Å². The second-order valence-corrected chi connectivity index (χ2v) is 8.73. The van der Waals surface area contributed by atoms with Crippen molar-refractivity contribution in [3.63, 3.8) is 0 Å². The van der Waals surface area contributed by atoms with Crippen LogP contribution in [0, 0.1) is 10.1 Å². The molecular formula is C15H18ClF3N2O3S. The van der Waals surface area contributed by atoms with Gasteiger partial charge < -0.3 is 0 Å². The molecule has 2 atom stereocenters. The molecule has 0 fully saturated rings. The van der Waals surface area contributed by atoms with Crippen molar-refractivity contribution in [2.45, 2.75) is 37.2 Å². The van der Waals surface area contributed by atoms with Crippen molar-refractivity contribution in [2.75, 3.05) is 6.54 Å². The molecule has 0 bridgehead atoms. The van der Waals surface area contributed by atoms with Gasteiger partial charge in [-0.1, -0.05) is 29.8 Å². The first kappa shape index (κ1) is 21.6. The Kier molecular flexibility index (Phi) is 6.77. The first-order valence-corrected chi connectivity index (χ1v) is 8.63. The summed E-state index contributed by atoms with van der Waals surface area (Å²) in [5.41, 5.74) is -2.71. The Morgan fingerprint density at radius 1 is 1.24 bits per heavy atom. The smallest absolute Gasteiger partial charge is 0.264 e. The van der Waals surface area contributed by atoms with E-state index < -0.39 is 38.9 Å². The van der Waals surface area contributed by atoms with Crippen molar-refractivity contribution < 1.29 is 22.3 Å². The molecule has 0 aromatic heterocycles. The second kappa shape index (κ2) is 7.84. The fraction of sp³-hybridized carbons (Fsp3) is 0.467. The van der Waals surface area contributed by atoms with E-state index in [9.17, 15) is 27.5 Å². The van der Waals surface area contributed by atoms with Gasteiger partial charge in [-0.25, -0.2) is 8.93 Å². The van der Waals surface area contributed by atoms with Crippen LogP contribution in [0.5, 0.6) is 0 Å². The van der Waals surface area contributed by atoms with Crippen LogP contribution in [-0.2, 0) is 11.0 Å². The number of rotatable bonds is 6. The molecule has 25 heavy (non-hydrogen) atoms. The number of alkyl halides is 3. The summed E-state index contributed by atoms with van der Waals surface area (Å²) in [7, 11) is -2.18. The third kappa shape index (κ3) is 6.09. The Bertz CT molecular complexity index is 672. The molecule has 0 aliphatic carbocycles. The summed E-state index contributed by atoms with van der Waals surface area (Å²) in [6, 6.07) is 5.88. The minimum Gasteiger partial charge on any atom is -0.264 e. The minimum atomic E-state index is -5.04. The molecule has 1 aromatic carbocycles. The van der Waals surface area contributed by atoms with Crippen LogP contribution in [0.2, 0.25) is 5.02 Å². The number of benzene rings is 1. The maximum Gasteiger partial charge on any atom is 0.417 e. The largest absolute Gasteiger partial charge is 0.417 e. The molecule has 0 unspecified atom stereocenters. The predicted octanol–water partition coefficient (Wildman–Crippen LogP) is 3.98. The van der Waals surface area contributed by atoms with Crippen molar-refractivity contribution in [1.82, 2.24) is 4.72 Å². The Morgan fingerprint density at radius 2 is 1.76 bits per heavy atom. The Balaban J connectivity index is 3.35. The summed E-state index contributed by atoms with van der Waals surface area (Å²) in [5, 5.41) is 11.3. The van der Waals surface area contributed by atoms with E-state index in [4.69, 9.17) is 11.6 Å². The number of halogens is 4. The molecule has 0 amide bonds. The molecule has 10 heteroatoms. The molecule has 0 saturated heterocycles. The highest BCUT2D eigenvalue weighted by Crippen LogP contribution is 2.34. The quantitative estimate of drug-likeness (QED) is 0.581. The van der Waals surface area contributed by atoms with Crippen molar-refractivity contribution >= 4 is 28.7 Å². The molecule has 0 saturated carbocycles. The molecule has 0 aliphatic rings. The maximum atomic E-state index is 13.7. The lowest BCUT2D eigenvalue weighted by Crippen LogP contribution is -2.61. The fourth-order valence-corrected chi connectivity index (χ4v) is 2.71. The van der Waals surface area contributed by atoms with Crippen LogP contribution in [-0.4, -0.2) is 32.1 Å². The van der Waals surface area contributed by atoms with Gasteiger partial charge in [0.2, 0.25) is 12.1 Å². The number of nitrogens with zero attached hydrogens (tertiary/aromatic N) is 1. The minimum absolute atomic E-state index is 0.365.